The van der Waals surface area contributed by atoms with Gasteiger partial charge in [0.05, 0.1) is 11.1 Å². The van der Waals surface area contributed by atoms with Gasteiger partial charge in [-0.1, -0.05) is 31.5 Å². The summed E-state index contributed by atoms with van der Waals surface area (Å²) in [4.78, 5) is 2.78. The Labute approximate surface area is 138 Å². The second kappa shape index (κ2) is 7.60. The summed E-state index contributed by atoms with van der Waals surface area (Å²) < 4.78 is 0.942. The summed E-state index contributed by atoms with van der Waals surface area (Å²) >= 11 is 11.6. The SMILES string of the molecule is CCCNC(c1ccc(Br)c(Cl)c1)c1ccc(CC)s1. The number of benzene rings is 1. The molecule has 2 aromatic rings. The molecule has 2 rings (SSSR count). The molecule has 20 heavy (non-hydrogen) atoms. The van der Waals surface area contributed by atoms with E-state index in [1.807, 2.05) is 23.5 Å². The van der Waals surface area contributed by atoms with Gasteiger partial charge < -0.3 is 5.32 Å². The number of aryl methyl sites for hydroxylation is 1. The molecule has 1 nitrogen and oxygen atoms in total. The van der Waals surface area contributed by atoms with E-state index in [9.17, 15) is 0 Å². The fraction of sp³-hybridized carbons (Fsp3) is 0.375. The molecule has 0 aliphatic heterocycles. The van der Waals surface area contributed by atoms with Crippen molar-refractivity contribution in [2.45, 2.75) is 32.7 Å². The van der Waals surface area contributed by atoms with Crippen LogP contribution in [0.5, 0.6) is 0 Å². The second-order valence-corrected chi connectivity index (χ2v) is 7.18. The van der Waals surface area contributed by atoms with Crippen molar-refractivity contribution in [2.75, 3.05) is 6.54 Å². The third-order valence-electron chi connectivity index (χ3n) is 3.19. The van der Waals surface area contributed by atoms with Gasteiger partial charge in [-0.3, -0.25) is 0 Å². The lowest BCUT2D eigenvalue weighted by Crippen LogP contribution is -2.22. The summed E-state index contributed by atoms with van der Waals surface area (Å²) in [5.41, 5.74) is 1.22. The summed E-state index contributed by atoms with van der Waals surface area (Å²) in [6, 6.07) is 10.9. The molecule has 0 radical (unpaired) electrons. The summed E-state index contributed by atoms with van der Waals surface area (Å²) in [6.07, 6.45) is 2.21. The molecular formula is C16H19BrClNS. The molecule has 1 atom stereocenters. The number of rotatable bonds is 6. The van der Waals surface area contributed by atoms with Crippen LogP contribution in [0.15, 0.2) is 34.8 Å². The molecule has 0 bridgehead atoms. The quantitative estimate of drug-likeness (QED) is 0.674. The highest BCUT2D eigenvalue weighted by molar-refractivity contribution is 9.10. The highest BCUT2D eigenvalue weighted by Crippen LogP contribution is 2.32. The predicted octanol–water partition coefficient (Wildman–Crippen LogP) is 5.82. The van der Waals surface area contributed by atoms with Crippen molar-refractivity contribution in [2.24, 2.45) is 0 Å². The minimum absolute atomic E-state index is 0.228. The molecule has 108 valence electrons. The maximum Gasteiger partial charge on any atom is 0.0671 e. The highest BCUT2D eigenvalue weighted by Gasteiger charge is 2.16. The summed E-state index contributed by atoms with van der Waals surface area (Å²) in [5.74, 6) is 0. The molecule has 0 amide bonds. The van der Waals surface area contributed by atoms with Gasteiger partial charge in [-0.05, 0) is 65.1 Å². The van der Waals surface area contributed by atoms with Crippen LogP contribution in [0.1, 0.15) is 41.6 Å². The fourth-order valence-corrected chi connectivity index (χ4v) is 3.60. The molecule has 0 spiro atoms. The van der Waals surface area contributed by atoms with Crippen LogP contribution in [0, 0.1) is 0 Å². The van der Waals surface area contributed by atoms with Gasteiger partial charge in [-0.15, -0.1) is 11.3 Å². The van der Waals surface area contributed by atoms with Crippen molar-refractivity contribution in [3.8, 4) is 0 Å². The van der Waals surface area contributed by atoms with Crippen LogP contribution in [-0.4, -0.2) is 6.54 Å². The molecule has 1 N–H and O–H groups in total. The fourth-order valence-electron chi connectivity index (χ4n) is 2.10. The van der Waals surface area contributed by atoms with Gasteiger partial charge in [0.2, 0.25) is 0 Å². The monoisotopic (exact) mass is 371 g/mol. The molecule has 0 saturated heterocycles. The van der Waals surface area contributed by atoms with Crippen LogP contribution < -0.4 is 5.32 Å². The largest absolute Gasteiger partial charge is 0.306 e. The van der Waals surface area contributed by atoms with E-state index in [0.29, 0.717) is 0 Å². The van der Waals surface area contributed by atoms with Gasteiger partial charge in [0, 0.05) is 14.2 Å². The zero-order valence-corrected chi connectivity index (χ0v) is 14.9. The van der Waals surface area contributed by atoms with Crippen LogP contribution >= 0.6 is 38.9 Å². The molecule has 1 aromatic heterocycles. The van der Waals surface area contributed by atoms with E-state index in [0.717, 1.165) is 28.9 Å². The van der Waals surface area contributed by atoms with E-state index in [-0.39, 0.29) is 6.04 Å². The van der Waals surface area contributed by atoms with Crippen molar-refractivity contribution in [1.82, 2.24) is 5.32 Å². The van der Waals surface area contributed by atoms with Crippen molar-refractivity contribution in [3.05, 3.63) is 55.1 Å². The Morgan fingerprint density at radius 1 is 1.25 bits per heavy atom. The minimum Gasteiger partial charge on any atom is -0.306 e. The zero-order valence-electron chi connectivity index (χ0n) is 11.7. The van der Waals surface area contributed by atoms with Gasteiger partial charge >= 0.3 is 0 Å². The van der Waals surface area contributed by atoms with E-state index in [1.165, 1.54) is 15.3 Å². The standard InChI is InChI=1S/C16H19BrClNS/c1-3-9-19-16(15-8-6-12(4-2)20-15)11-5-7-13(17)14(18)10-11/h5-8,10,16,19H,3-4,9H2,1-2H3. The maximum atomic E-state index is 6.24. The van der Waals surface area contributed by atoms with Crippen LogP contribution in [-0.2, 0) is 6.42 Å². The third kappa shape index (κ3) is 3.85. The average molecular weight is 373 g/mol. The minimum atomic E-state index is 0.228. The molecule has 1 heterocycles. The van der Waals surface area contributed by atoms with Gasteiger partial charge in [-0.25, -0.2) is 0 Å². The Kier molecular flexibility index (Phi) is 6.09. The van der Waals surface area contributed by atoms with E-state index in [2.05, 4.69) is 53.3 Å². The van der Waals surface area contributed by atoms with Crippen molar-refractivity contribution in [1.29, 1.82) is 0 Å². The predicted molar refractivity (Wildman–Crippen MR) is 93.0 cm³/mol. The Hall–Kier alpha value is -0.350. The average Bonchev–Trinajstić information content (AvgIpc) is 2.92. The third-order valence-corrected chi connectivity index (χ3v) is 5.72. The second-order valence-electron chi connectivity index (χ2n) is 4.72. The molecule has 0 saturated carbocycles. The number of hydrogen-bond donors (Lipinski definition) is 1. The molecule has 0 aliphatic rings. The van der Waals surface area contributed by atoms with E-state index >= 15 is 0 Å². The van der Waals surface area contributed by atoms with Crippen LogP contribution in [0.25, 0.3) is 0 Å². The molecule has 0 fully saturated rings. The summed E-state index contributed by atoms with van der Waals surface area (Å²) in [5, 5.41) is 4.38. The Morgan fingerprint density at radius 2 is 2.05 bits per heavy atom. The molecule has 0 aliphatic carbocycles. The maximum absolute atomic E-state index is 6.24. The Balaban J connectivity index is 2.32. The molecule has 1 aromatic carbocycles. The summed E-state index contributed by atoms with van der Waals surface area (Å²) in [7, 11) is 0. The Bertz CT molecular complexity index is 567. The van der Waals surface area contributed by atoms with Gasteiger partial charge in [-0.2, -0.15) is 0 Å². The lowest BCUT2D eigenvalue weighted by atomic mass is 10.1. The molecule has 1 unspecified atom stereocenters. The summed E-state index contributed by atoms with van der Waals surface area (Å²) in [6.45, 7) is 5.38. The van der Waals surface area contributed by atoms with Crippen molar-refractivity contribution in [3.63, 3.8) is 0 Å². The first-order valence-corrected chi connectivity index (χ1v) is 8.91. The smallest absolute Gasteiger partial charge is 0.0671 e. The lowest BCUT2D eigenvalue weighted by molar-refractivity contribution is 0.606. The first kappa shape index (κ1) is 16.0. The van der Waals surface area contributed by atoms with Crippen molar-refractivity contribution >= 4 is 38.9 Å². The lowest BCUT2D eigenvalue weighted by Gasteiger charge is -2.18. The molecular weight excluding hydrogens is 354 g/mol. The first-order chi connectivity index (χ1) is 9.65. The first-order valence-electron chi connectivity index (χ1n) is 6.92. The number of halogens is 2. The topological polar surface area (TPSA) is 12.0 Å². The van der Waals surface area contributed by atoms with Gasteiger partial charge in [0.15, 0.2) is 0 Å². The zero-order chi connectivity index (χ0) is 14.5. The van der Waals surface area contributed by atoms with E-state index < -0.39 is 0 Å². The van der Waals surface area contributed by atoms with E-state index in [4.69, 9.17) is 11.6 Å². The van der Waals surface area contributed by atoms with E-state index in [1.54, 1.807) is 0 Å². The normalized spacial score (nSPS) is 12.6. The van der Waals surface area contributed by atoms with Crippen molar-refractivity contribution < 1.29 is 0 Å². The number of thiophene rings is 1. The Morgan fingerprint density at radius 3 is 2.65 bits per heavy atom. The van der Waals surface area contributed by atoms with Crippen LogP contribution in [0.3, 0.4) is 0 Å². The van der Waals surface area contributed by atoms with Crippen LogP contribution in [0.2, 0.25) is 5.02 Å². The van der Waals surface area contributed by atoms with Gasteiger partial charge in [0.1, 0.15) is 0 Å². The highest BCUT2D eigenvalue weighted by atomic mass is 79.9. The van der Waals surface area contributed by atoms with Gasteiger partial charge in [0.25, 0.3) is 0 Å². The van der Waals surface area contributed by atoms with Crippen LogP contribution in [0.4, 0.5) is 0 Å². The number of hydrogen-bond acceptors (Lipinski definition) is 2. The number of nitrogens with one attached hydrogen (secondary N) is 1. The molecule has 4 heteroatoms.